The predicted octanol–water partition coefficient (Wildman–Crippen LogP) is 1.50. The van der Waals surface area contributed by atoms with Crippen LogP contribution in [0.5, 0.6) is 23.0 Å². The van der Waals surface area contributed by atoms with Crippen molar-refractivity contribution >= 4 is 29.7 Å². The number of aromatic hydroxyl groups is 4. The average molecular weight is 571 g/mol. The number of carbonyl (C=O) groups is 3. The van der Waals surface area contributed by atoms with Crippen molar-refractivity contribution in [2.75, 3.05) is 6.61 Å². The smallest absolute Gasteiger partial charge is 0.336 e. The molecule has 41 heavy (non-hydrogen) atoms. The fourth-order valence-corrected chi connectivity index (χ4v) is 5.16. The molecule has 0 bridgehead atoms. The molecule has 2 fully saturated rings. The van der Waals surface area contributed by atoms with Crippen molar-refractivity contribution in [1.82, 2.24) is 0 Å². The Balaban J connectivity index is 1.46. The van der Waals surface area contributed by atoms with E-state index in [4.69, 9.17) is 9.47 Å². The molecule has 0 unspecified atom stereocenters. The Morgan fingerprint density at radius 2 is 1.46 bits per heavy atom. The largest absolute Gasteiger partial charge is 0.504 e. The summed E-state index contributed by atoms with van der Waals surface area (Å²) >= 11 is 0. The van der Waals surface area contributed by atoms with Crippen LogP contribution < -0.4 is 0 Å². The molecule has 2 aliphatic rings. The van der Waals surface area contributed by atoms with Gasteiger partial charge in [-0.2, -0.15) is 0 Å². The third-order valence-corrected chi connectivity index (χ3v) is 7.35. The number of ether oxygens (including phenoxy) is 2. The van der Waals surface area contributed by atoms with E-state index in [1.54, 1.807) is 0 Å². The lowest BCUT2D eigenvalue weighted by Gasteiger charge is -2.51. The van der Waals surface area contributed by atoms with E-state index in [9.17, 15) is 50.1 Å². The molecule has 1 aliphatic carbocycles. The van der Waals surface area contributed by atoms with Gasteiger partial charge in [0.25, 0.3) is 0 Å². The highest BCUT2D eigenvalue weighted by molar-refractivity contribution is 5.97. The van der Waals surface area contributed by atoms with Gasteiger partial charge in [-0.1, -0.05) is 24.3 Å². The Hall–Kier alpha value is -4.23. The minimum atomic E-state index is -2.09. The van der Waals surface area contributed by atoms with Crippen molar-refractivity contribution in [3.63, 3.8) is 0 Å². The van der Waals surface area contributed by atoms with Gasteiger partial charge in [0.05, 0.1) is 12.2 Å². The molecular formula is C29H30O12. The first-order valence-corrected chi connectivity index (χ1v) is 12.8. The minimum absolute atomic E-state index is 0.0712. The standard InChI is InChI=1S/C29H30O12/c30-17(5-1-15-2-7-19(31)22(34)11-15)14-40-29(28(38)39)13-24(36)26(37)27-18(29)6-10-25(41-27)21(33)9-4-16-3-8-20(32)23(35)12-16/h1-5,7-9,11-12,18,24-27,31-32,34-37H,6,10,13-14H2,(H,38,39)/t18-,24-,25-,26-,27+,29-/m1/s1. The molecule has 0 aromatic heterocycles. The first-order chi connectivity index (χ1) is 19.4. The van der Waals surface area contributed by atoms with E-state index in [2.05, 4.69) is 0 Å². The van der Waals surface area contributed by atoms with Gasteiger partial charge in [-0.15, -0.1) is 0 Å². The number of rotatable bonds is 9. The number of ketones is 2. The molecule has 4 rings (SSSR count). The fraction of sp³-hybridized carbons (Fsp3) is 0.345. The minimum Gasteiger partial charge on any atom is -0.504 e. The summed E-state index contributed by atoms with van der Waals surface area (Å²) in [6.07, 6.45) is -0.761. The zero-order valence-electron chi connectivity index (χ0n) is 21.7. The number of fused-ring (bicyclic) bond motifs is 1. The van der Waals surface area contributed by atoms with E-state index in [0.29, 0.717) is 11.1 Å². The number of aliphatic hydroxyl groups is 2. The molecule has 218 valence electrons. The highest BCUT2D eigenvalue weighted by atomic mass is 16.5. The van der Waals surface area contributed by atoms with E-state index in [1.165, 1.54) is 54.6 Å². The predicted molar refractivity (Wildman–Crippen MR) is 142 cm³/mol. The molecule has 1 saturated carbocycles. The van der Waals surface area contributed by atoms with E-state index < -0.39 is 66.5 Å². The molecular weight excluding hydrogens is 540 g/mol. The van der Waals surface area contributed by atoms with Gasteiger partial charge >= 0.3 is 5.97 Å². The van der Waals surface area contributed by atoms with Crippen molar-refractivity contribution in [2.45, 2.75) is 49.3 Å². The number of aliphatic carboxylic acids is 1. The molecule has 0 amide bonds. The molecule has 2 aromatic carbocycles. The molecule has 0 radical (unpaired) electrons. The maximum absolute atomic E-state index is 12.8. The van der Waals surface area contributed by atoms with Crippen LogP contribution in [0.4, 0.5) is 0 Å². The molecule has 7 N–H and O–H groups in total. The van der Waals surface area contributed by atoms with Crippen LogP contribution in [0.1, 0.15) is 30.4 Å². The van der Waals surface area contributed by atoms with E-state index in [1.807, 2.05) is 0 Å². The molecule has 12 nitrogen and oxygen atoms in total. The average Bonchev–Trinajstić information content (AvgIpc) is 2.95. The van der Waals surface area contributed by atoms with Gasteiger partial charge in [-0.25, -0.2) is 4.79 Å². The number of aliphatic hydroxyl groups excluding tert-OH is 2. The first kappa shape index (κ1) is 29.7. The zero-order valence-corrected chi connectivity index (χ0v) is 21.7. The number of hydrogen-bond acceptors (Lipinski definition) is 11. The number of carboxylic acid groups (broad SMARTS) is 1. The van der Waals surface area contributed by atoms with Crippen LogP contribution in [0.15, 0.2) is 48.6 Å². The maximum Gasteiger partial charge on any atom is 0.336 e. The summed E-state index contributed by atoms with van der Waals surface area (Å²) in [5.41, 5.74) is -1.27. The van der Waals surface area contributed by atoms with Gasteiger partial charge in [-0.05, 0) is 60.4 Å². The van der Waals surface area contributed by atoms with Crippen LogP contribution in [0.25, 0.3) is 12.2 Å². The van der Waals surface area contributed by atoms with Crippen molar-refractivity contribution in [3.05, 3.63) is 59.7 Å². The summed E-state index contributed by atoms with van der Waals surface area (Å²) < 4.78 is 11.5. The van der Waals surface area contributed by atoms with E-state index in [-0.39, 0.29) is 35.8 Å². The molecule has 1 saturated heterocycles. The highest BCUT2D eigenvalue weighted by Gasteiger charge is 2.60. The van der Waals surface area contributed by atoms with Gasteiger partial charge in [-0.3, -0.25) is 9.59 Å². The molecule has 2 aromatic rings. The first-order valence-electron chi connectivity index (χ1n) is 12.8. The number of benzene rings is 2. The summed E-state index contributed by atoms with van der Waals surface area (Å²) in [5.74, 6) is -4.97. The summed E-state index contributed by atoms with van der Waals surface area (Å²) in [6, 6.07) is 7.89. The number of phenolic OH excluding ortho intramolecular Hbond substituents is 4. The van der Waals surface area contributed by atoms with Crippen LogP contribution in [0.2, 0.25) is 0 Å². The Morgan fingerprint density at radius 1 is 0.878 bits per heavy atom. The van der Waals surface area contributed by atoms with Crippen LogP contribution in [0, 0.1) is 5.92 Å². The third-order valence-electron chi connectivity index (χ3n) is 7.35. The SMILES string of the molecule is O=C(C=Cc1ccc(O)c(O)c1)CO[C@]1(C(=O)O)C[C@@H](O)[C@@H](O)[C@H]2O[C@@H](C(=O)C=Cc3ccc(O)c(O)c3)CC[C@H]21. The number of hydrogen-bond donors (Lipinski definition) is 7. The Labute approximate surface area is 234 Å². The second-order valence-electron chi connectivity index (χ2n) is 10.1. The second-order valence-corrected chi connectivity index (χ2v) is 10.1. The van der Waals surface area contributed by atoms with Crippen molar-refractivity contribution < 1.29 is 59.6 Å². The van der Waals surface area contributed by atoms with Crippen LogP contribution in [-0.2, 0) is 23.9 Å². The second kappa shape index (κ2) is 12.1. The Morgan fingerprint density at radius 3 is 2.02 bits per heavy atom. The molecule has 12 heteroatoms. The quantitative estimate of drug-likeness (QED) is 0.169. The van der Waals surface area contributed by atoms with Crippen molar-refractivity contribution in [3.8, 4) is 23.0 Å². The van der Waals surface area contributed by atoms with Gasteiger partial charge < -0.3 is 45.2 Å². The molecule has 1 heterocycles. The Kier molecular flexibility index (Phi) is 8.78. The van der Waals surface area contributed by atoms with E-state index in [0.717, 1.165) is 6.08 Å². The van der Waals surface area contributed by atoms with Crippen LogP contribution in [0.3, 0.4) is 0 Å². The van der Waals surface area contributed by atoms with Crippen LogP contribution >= 0.6 is 0 Å². The molecule has 1 aliphatic heterocycles. The lowest BCUT2D eigenvalue weighted by molar-refractivity contribution is -0.250. The van der Waals surface area contributed by atoms with E-state index >= 15 is 0 Å². The molecule has 6 atom stereocenters. The van der Waals surface area contributed by atoms with Gasteiger partial charge in [0.2, 0.25) is 0 Å². The van der Waals surface area contributed by atoms with Gasteiger partial charge in [0, 0.05) is 12.3 Å². The fourth-order valence-electron chi connectivity index (χ4n) is 5.16. The summed E-state index contributed by atoms with van der Waals surface area (Å²) in [7, 11) is 0. The molecule has 0 spiro atoms. The van der Waals surface area contributed by atoms with Gasteiger partial charge in [0.1, 0.15) is 18.8 Å². The topological polar surface area (TPSA) is 211 Å². The zero-order chi connectivity index (χ0) is 29.9. The lowest BCUT2D eigenvalue weighted by atomic mass is 9.67. The van der Waals surface area contributed by atoms with Gasteiger partial charge in [0.15, 0.2) is 40.2 Å². The normalized spacial score (nSPS) is 28.0. The summed E-state index contributed by atoms with van der Waals surface area (Å²) in [4.78, 5) is 37.8. The summed E-state index contributed by atoms with van der Waals surface area (Å²) in [6.45, 7) is -0.677. The Bertz CT molecular complexity index is 1380. The number of phenols is 4. The monoisotopic (exact) mass is 570 g/mol. The van der Waals surface area contributed by atoms with Crippen molar-refractivity contribution in [1.29, 1.82) is 0 Å². The highest BCUT2D eigenvalue weighted by Crippen LogP contribution is 2.45. The van der Waals surface area contributed by atoms with Crippen LogP contribution in [-0.4, -0.2) is 89.9 Å². The maximum atomic E-state index is 12.8. The lowest BCUT2D eigenvalue weighted by Crippen LogP contribution is -2.66. The number of carboxylic acids is 1. The van der Waals surface area contributed by atoms with Crippen molar-refractivity contribution in [2.24, 2.45) is 5.92 Å². The summed E-state index contributed by atoms with van der Waals surface area (Å²) in [5, 5.41) is 69.4. The third kappa shape index (κ3) is 6.41. The number of carbonyl (C=O) groups excluding carboxylic acids is 2.